The largest absolute Gasteiger partial charge is 0.444 e. The van der Waals surface area contributed by atoms with Gasteiger partial charge in [-0.1, -0.05) is 17.7 Å². The zero-order valence-corrected chi connectivity index (χ0v) is 21.1. The van der Waals surface area contributed by atoms with Gasteiger partial charge in [-0.25, -0.2) is 9.18 Å². The molecular formula is C22H29ClFN3O6S. The van der Waals surface area contributed by atoms with Gasteiger partial charge in [0.25, 0.3) is 16.0 Å². The smallest absolute Gasteiger partial charge is 0.414 e. The van der Waals surface area contributed by atoms with Gasteiger partial charge in [0.05, 0.1) is 11.4 Å². The number of aliphatic imine (C=N–C) groups is 1. The minimum atomic E-state index is -3.76. The summed E-state index contributed by atoms with van der Waals surface area (Å²) in [7, 11) is -3.76. The van der Waals surface area contributed by atoms with Crippen LogP contribution in [0.1, 0.15) is 47.0 Å². The van der Waals surface area contributed by atoms with Crippen LogP contribution in [0.3, 0.4) is 0 Å². The van der Waals surface area contributed by atoms with Gasteiger partial charge in [0.1, 0.15) is 12.2 Å². The van der Waals surface area contributed by atoms with Crippen molar-refractivity contribution >= 4 is 45.1 Å². The van der Waals surface area contributed by atoms with Crippen LogP contribution in [0, 0.1) is 0 Å². The quantitative estimate of drug-likeness (QED) is 0.545. The molecule has 0 heterocycles. The lowest BCUT2D eigenvalue weighted by Crippen LogP contribution is -2.50. The van der Waals surface area contributed by atoms with Crippen molar-refractivity contribution in [2.75, 3.05) is 12.4 Å². The fraction of sp³-hybridized carbons (Fsp3) is 0.500. The minimum Gasteiger partial charge on any atom is -0.444 e. The van der Waals surface area contributed by atoms with Crippen LogP contribution in [0.5, 0.6) is 0 Å². The summed E-state index contributed by atoms with van der Waals surface area (Å²) in [5, 5.41) is 2.33. The number of nitrogens with two attached hydrogens (primary N) is 1. The van der Waals surface area contributed by atoms with Crippen molar-refractivity contribution in [2.24, 2.45) is 10.7 Å². The van der Waals surface area contributed by atoms with Crippen LogP contribution in [0.2, 0.25) is 5.02 Å². The number of benzene rings is 1. The minimum absolute atomic E-state index is 0.0427. The lowest BCUT2D eigenvalue weighted by molar-refractivity contribution is -0.132. The van der Waals surface area contributed by atoms with Crippen molar-refractivity contribution < 1.29 is 31.3 Å². The molecule has 1 atom stereocenters. The van der Waals surface area contributed by atoms with Gasteiger partial charge < -0.3 is 10.5 Å². The fourth-order valence-corrected chi connectivity index (χ4v) is 3.77. The molecule has 12 heteroatoms. The number of rotatable bonds is 6. The average molecular weight is 518 g/mol. The number of hydrogen-bond acceptors (Lipinski definition) is 8. The summed E-state index contributed by atoms with van der Waals surface area (Å²) in [6, 6.07) is 6.44. The molecular weight excluding hydrogens is 489 g/mol. The van der Waals surface area contributed by atoms with Gasteiger partial charge in [0, 0.05) is 22.9 Å². The fourth-order valence-electron chi connectivity index (χ4n) is 3.11. The van der Waals surface area contributed by atoms with Gasteiger partial charge in [-0.15, -0.1) is 0 Å². The zero-order valence-electron chi connectivity index (χ0n) is 19.5. The van der Waals surface area contributed by atoms with Crippen LogP contribution in [-0.2, 0) is 23.8 Å². The third-order valence-electron chi connectivity index (χ3n) is 4.80. The Kier molecular flexibility index (Phi) is 8.84. The first-order valence-corrected chi connectivity index (χ1v) is 12.5. The number of nitrogens with one attached hydrogen (secondary N) is 1. The second-order valence-corrected chi connectivity index (χ2v) is 11.1. The SMILES string of the molecule is CCS(=O)(=O)OC/C(N)=C1\CCC(F)(C(=O)NC(=O)OC(C)(C)C)CC1=Nc1cccc(Cl)c1. The highest BCUT2D eigenvalue weighted by atomic mass is 35.5. The third-order valence-corrected chi connectivity index (χ3v) is 6.22. The van der Waals surface area contributed by atoms with Crippen molar-refractivity contribution in [3.63, 3.8) is 0 Å². The van der Waals surface area contributed by atoms with Gasteiger partial charge in [0.2, 0.25) is 0 Å². The van der Waals surface area contributed by atoms with Crippen LogP contribution >= 0.6 is 11.6 Å². The molecule has 1 unspecified atom stereocenters. The number of hydrogen-bond donors (Lipinski definition) is 2. The Labute approximate surface area is 203 Å². The maximum atomic E-state index is 15.7. The Hall–Kier alpha value is -2.50. The van der Waals surface area contributed by atoms with E-state index in [1.54, 1.807) is 39.0 Å². The first-order chi connectivity index (χ1) is 15.6. The van der Waals surface area contributed by atoms with E-state index in [9.17, 15) is 18.0 Å². The molecule has 9 nitrogen and oxygen atoms in total. The number of amides is 2. The maximum absolute atomic E-state index is 15.7. The molecule has 0 radical (unpaired) electrons. The highest BCUT2D eigenvalue weighted by molar-refractivity contribution is 7.86. The molecule has 1 aliphatic carbocycles. The molecule has 2 rings (SSSR count). The monoisotopic (exact) mass is 517 g/mol. The molecule has 34 heavy (non-hydrogen) atoms. The third kappa shape index (κ3) is 8.07. The summed E-state index contributed by atoms with van der Waals surface area (Å²) in [5.74, 6) is -1.40. The van der Waals surface area contributed by atoms with Gasteiger partial charge in [-0.05, 0) is 64.3 Å². The van der Waals surface area contributed by atoms with E-state index in [1.807, 2.05) is 5.32 Å². The van der Waals surface area contributed by atoms with Crippen LogP contribution < -0.4 is 11.1 Å². The van der Waals surface area contributed by atoms with Gasteiger partial charge in [0.15, 0.2) is 5.67 Å². The van der Waals surface area contributed by atoms with E-state index in [-0.39, 0.29) is 30.0 Å². The molecule has 0 aromatic heterocycles. The van der Waals surface area contributed by atoms with Crippen molar-refractivity contribution in [1.82, 2.24) is 5.32 Å². The summed E-state index contributed by atoms with van der Waals surface area (Å²) >= 11 is 6.01. The molecule has 0 bridgehead atoms. The average Bonchev–Trinajstić information content (AvgIpc) is 2.71. The standard InChI is InChI=1S/C22H29ClFN3O6S/c1-5-34(30,31)32-13-17(25)16-9-10-22(24,19(28)27-20(29)33-21(2,3)4)12-18(16)26-15-8-6-7-14(23)11-15/h6-8,11H,5,9-10,12-13,25H2,1-4H3,(H,27,28,29)/b17-16-,26-18?. The van der Waals surface area contributed by atoms with E-state index in [0.717, 1.165) is 0 Å². The number of carbonyl (C=O) groups is 2. The van der Waals surface area contributed by atoms with Crippen molar-refractivity contribution in [3.8, 4) is 0 Å². The number of alkyl halides is 1. The predicted molar refractivity (Wildman–Crippen MR) is 127 cm³/mol. The van der Waals surface area contributed by atoms with Gasteiger partial charge in [-0.3, -0.25) is 19.3 Å². The Morgan fingerprint density at radius 3 is 2.59 bits per heavy atom. The topological polar surface area (TPSA) is 137 Å². The number of imide groups is 1. The van der Waals surface area contributed by atoms with E-state index in [2.05, 4.69) is 4.99 Å². The van der Waals surface area contributed by atoms with Crippen LogP contribution in [-0.4, -0.2) is 49.8 Å². The molecule has 0 spiro atoms. The molecule has 3 N–H and O–H groups in total. The summed E-state index contributed by atoms with van der Waals surface area (Å²) in [4.78, 5) is 29.0. The van der Waals surface area contributed by atoms with E-state index in [0.29, 0.717) is 16.3 Å². The van der Waals surface area contributed by atoms with Crippen LogP contribution in [0.4, 0.5) is 14.9 Å². The maximum Gasteiger partial charge on any atom is 0.414 e. The Balaban J connectivity index is 2.37. The number of carbonyl (C=O) groups excluding carboxylic acids is 2. The van der Waals surface area contributed by atoms with Crippen molar-refractivity contribution in [2.45, 2.75) is 58.2 Å². The molecule has 1 saturated carbocycles. The molecule has 188 valence electrons. The molecule has 1 aliphatic rings. The second-order valence-electron chi connectivity index (χ2n) is 8.75. The number of ether oxygens (including phenoxy) is 1. The van der Waals surface area contributed by atoms with E-state index >= 15 is 4.39 Å². The van der Waals surface area contributed by atoms with Crippen molar-refractivity contribution in [3.05, 3.63) is 40.6 Å². The summed E-state index contributed by atoms with van der Waals surface area (Å²) in [6.07, 6.45) is -1.93. The highest BCUT2D eigenvalue weighted by Gasteiger charge is 2.45. The number of alkyl carbamates (subject to hydrolysis) is 1. The second kappa shape index (κ2) is 10.8. The summed E-state index contributed by atoms with van der Waals surface area (Å²) in [6.45, 7) is 5.81. The Bertz CT molecular complexity index is 1110. The van der Waals surface area contributed by atoms with Gasteiger partial charge >= 0.3 is 6.09 Å². The van der Waals surface area contributed by atoms with E-state index in [1.165, 1.54) is 13.0 Å². The number of nitrogens with zero attached hydrogens (tertiary/aromatic N) is 1. The zero-order chi connectivity index (χ0) is 25.7. The van der Waals surface area contributed by atoms with Gasteiger partial charge in [-0.2, -0.15) is 8.42 Å². The predicted octanol–water partition coefficient (Wildman–Crippen LogP) is 3.94. The Morgan fingerprint density at radius 2 is 2.00 bits per heavy atom. The lowest BCUT2D eigenvalue weighted by Gasteiger charge is -2.31. The summed E-state index contributed by atoms with van der Waals surface area (Å²) < 4.78 is 49.0. The molecule has 1 aromatic carbocycles. The number of halogens is 2. The van der Waals surface area contributed by atoms with Crippen molar-refractivity contribution in [1.29, 1.82) is 0 Å². The molecule has 1 fully saturated rings. The molecule has 2 amide bonds. The first-order valence-electron chi connectivity index (χ1n) is 10.6. The Morgan fingerprint density at radius 1 is 1.32 bits per heavy atom. The number of allylic oxidation sites excluding steroid dienone is 1. The molecule has 1 aromatic rings. The van der Waals surface area contributed by atoms with E-state index in [4.69, 9.17) is 26.3 Å². The van der Waals surface area contributed by atoms with Crippen LogP contribution in [0.25, 0.3) is 0 Å². The van der Waals surface area contributed by atoms with Crippen LogP contribution in [0.15, 0.2) is 40.5 Å². The molecule has 0 saturated heterocycles. The first kappa shape index (κ1) is 27.7. The lowest BCUT2D eigenvalue weighted by atomic mass is 9.80. The molecule has 0 aliphatic heterocycles. The highest BCUT2D eigenvalue weighted by Crippen LogP contribution is 2.36. The summed E-state index contributed by atoms with van der Waals surface area (Å²) in [5.41, 5.74) is 3.65. The van der Waals surface area contributed by atoms with E-state index < -0.39 is 46.4 Å². The normalized spacial score (nSPS) is 21.8.